The number of halogens is 2. The standard InChI is InChI=1S/C23H22F2N2O2/c24-23(25)29-20-13-11-19(12-14-20)22(18-9-5-2-6-10-18)27-16-21(28)26-15-17-7-3-1-4-8-17/h1-14,22-23,27H,15-16H2,(H,26,28)/p+1/t22-/m0/s1. The molecule has 3 aromatic rings. The molecule has 4 nitrogen and oxygen atoms in total. The molecule has 6 heteroatoms. The second-order valence-electron chi connectivity index (χ2n) is 6.54. The van der Waals surface area contributed by atoms with Crippen LogP contribution in [0.3, 0.4) is 0 Å². The number of amides is 1. The Labute approximate surface area is 168 Å². The van der Waals surface area contributed by atoms with Crippen LogP contribution in [0.2, 0.25) is 0 Å². The third-order valence-electron chi connectivity index (χ3n) is 4.49. The molecule has 0 fully saturated rings. The van der Waals surface area contributed by atoms with Crippen LogP contribution in [0.25, 0.3) is 0 Å². The fourth-order valence-electron chi connectivity index (χ4n) is 3.08. The van der Waals surface area contributed by atoms with Gasteiger partial charge >= 0.3 is 6.61 Å². The summed E-state index contributed by atoms with van der Waals surface area (Å²) in [5.41, 5.74) is 2.95. The first kappa shape index (κ1) is 20.5. The number of rotatable bonds is 9. The van der Waals surface area contributed by atoms with E-state index < -0.39 is 6.61 Å². The summed E-state index contributed by atoms with van der Waals surface area (Å²) < 4.78 is 29.2. The summed E-state index contributed by atoms with van der Waals surface area (Å²) in [5.74, 6) is 0.0311. The summed E-state index contributed by atoms with van der Waals surface area (Å²) in [6, 6.07) is 25.8. The van der Waals surface area contributed by atoms with Crippen LogP contribution in [0.4, 0.5) is 8.78 Å². The van der Waals surface area contributed by atoms with Crippen molar-refractivity contribution < 1.29 is 23.6 Å². The second kappa shape index (κ2) is 10.3. The normalized spacial score (nSPS) is 11.8. The minimum Gasteiger partial charge on any atom is -0.435 e. The summed E-state index contributed by atoms with van der Waals surface area (Å²) in [6.07, 6.45) is 0. The number of alkyl halides is 2. The summed E-state index contributed by atoms with van der Waals surface area (Å²) in [7, 11) is 0. The van der Waals surface area contributed by atoms with E-state index in [4.69, 9.17) is 0 Å². The van der Waals surface area contributed by atoms with Crippen molar-refractivity contribution >= 4 is 5.91 Å². The lowest BCUT2D eigenvalue weighted by Gasteiger charge is -2.17. The lowest BCUT2D eigenvalue weighted by atomic mass is 9.98. The Hall–Kier alpha value is -3.25. The van der Waals surface area contributed by atoms with Crippen molar-refractivity contribution in [2.24, 2.45) is 0 Å². The van der Waals surface area contributed by atoms with Crippen LogP contribution in [0, 0.1) is 0 Å². The molecule has 0 aliphatic carbocycles. The molecule has 0 radical (unpaired) electrons. The minimum absolute atomic E-state index is 0.0764. The molecule has 1 amide bonds. The zero-order chi connectivity index (χ0) is 20.5. The van der Waals surface area contributed by atoms with Crippen LogP contribution in [-0.2, 0) is 11.3 Å². The topological polar surface area (TPSA) is 54.9 Å². The molecule has 0 unspecified atom stereocenters. The molecule has 3 aromatic carbocycles. The average molecular weight is 397 g/mol. The van der Waals surface area contributed by atoms with Crippen molar-refractivity contribution in [1.82, 2.24) is 5.32 Å². The van der Waals surface area contributed by atoms with E-state index in [1.165, 1.54) is 12.1 Å². The summed E-state index contributed by atoms with van der Waals surface area (Å²) >= 11 is 0. The Morgan fingerprint density at radius 3 is 2.07 bits per heavy atom. The Balaban J connectivity index is 1.65. The van der Waals surface area contributed by atoms with Gasteiger partial charge in [-0.3, -0.25) is 4.79 Å². The molecule has 29 heavy (non-hydrogen) atoms. The molecule has 0 spiro atoms. The summed E-state index contributed by atoms with van der Waals surface area (Å²) in [4.78, 5) is 12.3. The summed E-state index contributed by atoms with van der Waals surface area (Å²) in [6.45, 7) is -2.14. The van der Waals surface area contributed by atoms with Crippen LogP contribution >= 0.6 is 0 Å². The van der Waals surface area contributed by atoms with Gasteiger partial charge in [-0.2, -0.15) is 8.78 Å². The van der Waals surface area contributed by atoms with Gasteiger partial charge in [-0.25, -0.2) is 0 Å². The van der Waals surface area contributed by atoms with Gasteiger partial charge in [-0.05, 0) is 29.8 Å². The third kappa shape index (κ3) is 6.40. The van der Waals surface area contributed by atoms with Crippen molar-refractivity contribution in [1.29, 1.82) is 0 Å². The highest BCUT2D eigenvalue weighted by molar-refractivity contribution is 5.76. The summed E-state index contributed by atoms with van der Waals surface area (Å²) in [5, 5.41) is 4.84. The van der Waals surface area contributed by atoms with E-state index >= 15 is 0 Å². The quantitative estimate of drug-likeness (QED) is 0.582. The highest BCUT2D eigenvalue weighted by Gasteiger charge is 2.19. The molecular formula is C23H23F2N2O2+. The molecule has 0 bridgehead atoms. The Morgan fingerprint density at radius 2 is 1.45 bits per heavy atom. The number of ether oxygens (including phenoxy) is 1. The Kier molecular flexibility index (Phi) is 7.30. The van der Waals surface area contributed by atoms with Crippen molar-refractivity contribution in [3.8, 4) is 5.75 Å². The van der Waals surface area contributed by atoms with Crippen LogP contribution < -0.4 is 15.4 Å². The van der Waals surface area contributed by atoms with Gasteiger partial charge in [0.15, 0.2) is 6.54 Å². The maximum absolute atomic E-state index is 12.4. The number of hydrogen-bond donors (Lipinski definition) is 2. The van der Waals surface area contributed by atoms with Gasteiger partial charge in [-0.15, -0.1) is 0 Å². The molecule has 0 aromatic heterocycles. The Bertz CT molecular complexity index is 888. The fourth-order valence-corrected chi connectivity index (χ4v) is 3.08. The predicted octanol–water partition coefficient (Wildman–Crippen LogP) is 3.26. The fraction of sp³-hybridized carbons (Fsp3) is 0.174. The molecule has 0 heterocycles. The lowest BCUT2D eigenvalue weighted by Crippen LogP contribution is -2.87. The van der Waals surface area contributed by atoms with Gasteiger partial charge in [0.2, 0.25) is 0 Å². The first-order valence-electron chi connectivity index (χ1n) is 9.35. The molecule has 3 N–H and O–H groups in total. The monoisotopic (exact) mass is 397 g/mol. The number of quaternary nitrogens is 1. The van der Waals surface area contributed by atoms with E-state index in [0.717, 1.165) is 16.7 Å². The third-order valence-corrected chi connectivity index (χ3v) is 4.49. The van der Waals surface area contributed by atoms with Crippen molar-refractivity contribution in [2.75, 3.05) is 6.54 Å². The SMILES string of the molecule is O=C(C[NH2+][C@@H](c1ccccc1)c1ccc(OC(F)F)cc1)NCc1ccccc1. The van der Waals surface area contributed by atoms with Crippen LogP contribution in [-0.4, -0.2) is 19.1 Å². The van der Waals surface area contributed by atoms with E-state index in [9.17, 15) is 13.6 Å². The van der Waals surface area contributed by atoms with E-state index in [-0.39, 0.29) is 24.2 Å². The second-order valence-corrected chi connectivity index (χ2v) is 6.54. The largest absolute Gasteiger partial charge is 0.435 e. The highest BCUT2D eigenvalue weighted by atomic mass is 19.3. The minimum atomic E-state index is -2.86. The number of hydrogen-bond acceptors (Lipinski definition) is 2. The van der Waals surface area contributed by atoms with Gasteiger partial charge in [0.05, 0.1) is 0 Å². The van der Waals surface area contributed by atoms with Crippen LogP contribution in [0.5, 0.6) is 5.75 Å². The van der Waals surface area contributed by atoms with Crippen LogP contribution in [0.15, 0.2) is 84.9 Å². The van der Waals surface area contributed by atoms with Crippen molar-refractivity contribution in [3.05, 3.63) is 102 Å². The van der Waals surface area contributed by atoms with Gasteiger partial charge in [-0.1, -0.05) is 60.7 Å². The zero-order valence-corrected chi connectivity index (χ0v) is 15.8. The van der Waals surface area contributed by atoms with Crippen molar-refractivity contribution in [2.45, 2.75) is 19.2 Å². The Morgan fingerprint density at radius 1 is 0.862 bits per heavy atom. The smallest absolute Gasteiger partial charge is 0.387 e. The average Bonchev–Trinajstić information content (AvgIpc) is 2.74. The van der Waals surface area contributed by atoms with Gasteiger partial charge < -0.3 is 15.4 Å². The molecule has 0 saturated carbocycles. The predicted molar refractivity (Wildman–Crippen MR) is 106 cm³/mol. The molecule has 0 saturated heterocycles. The van der Waals surface area contributed by atoms with Crippen molar-refractivity contribution in [3.63, 3.8) is 0 Å². The van der Waals surface area contributed by atoms with E-state index in [2.05, 4.69) is 10.1 Å². The molecule has 0 aliphatic rings. The zero-order valence-electron chi connectivity index (χ0n) is 15.8. The van der Waals surface area contributed by atoms with Crippen LogP contribution in [0.1, 0.15) is 22.7 Å². The van der Waals surface area contributed by atoms with Gasteiger partial charge in [0, 0.05) is 17.7 Å². The molecule has 1 atom stereocenters. The first-order valence-corrected chi connectivity index (χ1v) is 9.35. The molecule has 3 rings (SSSR count). The number of nitrogens with two attached hydrogens (primary N) is 1. The number of benzene rings is 3. The maximum Gasteiger partial charge on any atom is 0.387 e. The van der Waals surface area contributed by atoms with E-state index in [0.29, 0.717) is 6.54 Å². The number of carbonyl (C=O) groups is 1. The number of nitrogens with one attached hydrogen (secondary N) is 1. The molecule has 150 valence electrons. The van der Waals surface area contributed by atoms with Gasteiger partial charge in [0.25, 0.3) is 5.91 Å². The van der Waals surface area contributed by atoms with Gasteiger partial charge in [0.1, 0.15) is 11.8 Å². The molecule has 0 aliphatic heterocycles. The highest BCUT2D eigenvalue weighted by Crippen LogP contribution is 2.22. The maximum atomic E-state index is 12.4. The molecular weight excluding hydrogens is 374 g/mol. The first-order chi connectivity index (χ1) is 14.1. The number of carbonyl (C=O) groups excluding carboxylic acids is 1. The van der Waals surface area contributed by atoms with E-state index in [1.807, 2.05) is 66.0 Å². The lowest BCUT2D eigenvalue weighted by molar-refractivity contribution is -0.676. The van der Waals surface area contributed by atoms with E-state index in [1.54, 1.807) is 12.1 Å².